The second-order valence-corrected chi connectivity index (χ2v) is 11.4. The first-order chi connectivity index (χ1) is 20.1. The van der Waals surface area contributed by atoms with E-state index in [0.29, 0.717) is 29.3 Å². The Bertz CT molecular complexity index is 1480. The number of ether oxygens (including phenoxy) is 1. The summed E-state index contributed by atoms with van der Waals surface area (Å²) in [5.74, 6) is 0.555. The summed E-state index contributed by atoms with van der Waals surface area (Å²) in [5, 5.41) is 5.71. The van der Waals surface area contributed by atoms with Gasteiger partial charge >= 0.3 is 6.09 Å². The summed E-state index contributed by atoms with van der Waals surface area (Å²) in [6.07, 6.45) is 7.21. The number of aromatic nitrogens is 1. The maximum atomic E-state index is 12.6. The Balaban J connectivity index is 1.70. The minimum atomic E-state index is -0.615. The summed E-state index contributed by atoms with van der Waals surface area (Å²) in [6, 6.07) is 21.5. The van der Waals surface area contributed by atoms with Gasteiger partial charge in [0.25, 0.3) is 0 Å². The number of amidine groups is 1. The largest absolute Gasteiger partial charge is 0.444 e. The van der Waals surface area contributed by atoms with Crippen molar-refractivity contribution in [2.24, 2.45) is 16.6 Å². The number of pyridine rings is 1. The second-order valence-electron chi connectivity index (χ2n) is 11.4. The lowest BCUT2D eigenvalue weighted by Gasteiger charge is -2.22. The van der Waals surface area contributed by atoms with Crippen LogP contribution in [-0.2, 0) is 16.0 Å². The number of carbonyl (C=O) groups is 2. The van der Waals surface area contributed by atoms with Crippen molar-refractivity contribution in [2.45, 2.75) is 58.5 Å². The van der Waals surface area contributed by atoms with E-state index in [1.54, 1.807) is 6.08 Å². The molecule has 8 nitrogen and oxygen atoms in total. The van der Waals surface area contributed by atoms with E-state index in [0.717, 1.165) is 42.4 Å². The van der Waals surface area contributed by atoms with Crippen LogP contribution in [-0.4, -0.2) is 28.4 Å². The number of nitrogens with one attached hydrogen (secondary N) is 2. The summed E-state index contributed by atoms with van der Waals surface area (Å²) in [4.78, 5) is 33.9. The average molecular weight is 566 g/mol. The summed E-state index contributed by atoms with van der Waals surface area (Å²) in [7, 11) is 0. The van der Waals surface area contributed by atoms with Crippen LogP contribution in [0.5, 0.6) is 0 Å². The average Bonchev–Trinajstić information content (AvgIpc) is 3.47. The molecule has 2 aromatic carbocycles. The molecule has 1 fully saturated rings. The summed E-state index contributed by atoms with van der Waals surface area (Å²) in [6.45, 7) is 9.01. The number of aliphatic imine (C=N–C) groups is 1. The zero-order chi connectivity index (χ0) is 30.1. The van der Waals surface area contributed by atoms with Gasteiger partial charge < -0.3 is 15.8 Å². The Hall–Kier alpha value is -4.72. The monoisotopic (exact) mass is 565 g/mol. The molecule has 0 bridgehead atoms. The lowest BCUT2D eigenvalue weighted by atomic mass is 10.0. The van der Waals surface area contributed by atoms with Crippen LogP contribution in [0.1, 0.15) is 57.6 Å². The van der Waals surface area contributed by atoms with Crippen LogP contribution in [0.2, 0.25) is 0 Å². The molecule has 1 aliphatic carbocycles. The second kappa shape index (κ2) is 13.8. The molecule has 2 amide bonds. The highest BCUT2D eigenvalue weighted by Crippen LogP contribution is 2.30. The fourth-order valence-electron chi connectivity index (χ4n) is 4.90. The standard InChI is InChI=1S/C34H39N5O3/c1-5-32(40)36-27-17-11-16-26(21-27)28-19-24(18-23-12-7-6-8-13-23)20-31(37-28)39-30(35)22-29(25-14-9-10-15-25)38-33(41)42-34(2,3)4/h5-8,11-13,16-17,19-22,25H,1,9-10,14-15,18H2,2-4H3,(H,36,40)(H,38,41)(H2,35,37,39)/b29-22-. The Labute approximate surface area is 247 Å². The van der Waals surface area contributed by atoms with Gasteiger partial charge in [0.05, 0.1) is 5.69 Å². The molecule has 0 aliphatic heterocycles. The highest BCUT2D eigenvalue weighted by atomic mass is 16.6. The Morgan fingerprint density at radius 3 is 2.48 bits per heavy atom. The highest BCUT2D eigenvalue weighted by Gasteiger charge is 2.24. The molecule has 4 rings (SSSR count). The van der Waals surface area contributed by atoms with E-state index in [-0.39, 0.29) is 17.7 Å². The number of hydrogen-bond acceptors (Lipinski definition) is 5. The molecule has 42 heavy (non-hydrogen) atoms. The van der Waals surface area contributed by atoms with Crippen LogP contribution < -0.4 is 16.4 Å². The van der Waals surface area contributed by atoms with Gasteiger partial charge in [-0.15, -0.1) is 0 Å². The number of alkyl carbamates (subject to hydrolysis) is 1. The van der Waals surface area contributed by atoms with Crippen LogP contribution in [0.25, 0.3) is 11.3 Å². The molecular formula is C34H39N5O3. The molecule has 3 aromatic rings. The minimum Gasteiger partial charge on any atom is -0.444 e. The predicted molar refractivity (Wildman–Crippen MR) is 168 cm³/mol. The molecular weight excluding hydrogens is 526 g/mol. The third kappa shape index (κ3) is 9.16. The molecule has 218 valence electrons. The first kappa shape index (κ1) is 30.2. The van der Waals surface area contributed by atoms with Crippen LogP contribution in [0.15, 0.2) is 96.2 Å². The third-order valence-electron chi connectivity index (χ3n) is 6.72. The fraction of sp³-hybridized carbons (Fsp3) is 0.294. The first-order valence-electron chi connectivity index (χ1n) is 14.2. The molecule has 0 radical (unpaired) electrons. The van der Waals surface area contributed by atoms with Gasteiger partial charge in [-0.2, -0.15) is 0 Å². The normalized spacial score (nSPS) is 14.4. The number of amides is 2. The third-order valence-corrected chi connectivity index (χ3v) is 6.72. The lowest BCUT2D eigenvalue weighted by Crippen LogP contribution is -2.34. The zero-order valence-corrected chi connectivity index (χ0v) is 24.5. The fourth-order valence-corrected chi connectivity index (χ4v) is 4.90. The molecule has 1 heterocycles. The van der Waals surface area contributed by atoms with E-state index < -0.39 is 11.7 Å². The Morgan fingerprint density at radius 1 is 1.05 bits per heavy atom. The van der Waals surface area contributed by atoms with Crippen molar-refractivity contribution < 1.29 is 14.3 Å². The van der Waals surface area contributed by atoms with Gasteiger partial charge in [0, 0.05) is 23.0 Å². The van der Waals surface area contributed by atoms with Gasteiger partial charge in [-0.05, 0) is 87.4 Å². The van der Waals surface area contributed by atoms with Gasteiger partial charge in [-0.25, -0.2) is 14.8 Å². The maximum absolute atomic E-state index is 12.6. The maximum Gasteiger partial charge on any atom is 0.411 e. The van der Waals surface area contributed by atoms with Gasteiger partial charge in [0.2, 0.25) is 5.91 Å². The minimum absolute atomic E-state index is 0.174. The lowest BCUT2D eigenvalue weighted by molar-refractivity contribution is -0.111. The van der Waals surface area contributed by atoms with Crippen LogP contribution in [0.3, 0.4) is 0 Å². The van der Waals surface area contributed by atoms with Crippen molar-refractivity contribution in [3.05, 3.63) is 102 Å². The summed E-state index contributed by atoms with van der Waals surface area (Å²) >= 11 is 0. The number of allylic oxidation sites excluding steroid dienone is 1. The van der Waals surface area contributed by atoms with E-state index in [1.165, 1.54) is 6.08 Å². The number of carbonyl (C=O) groups excluding carboxylic acids is 2. The number of hydrogen-bond donors (Lipinski definition) is 3. The van der Waals surface area contributed by atoms with Gasteiger partial charge in [0.1, 0.15) is 11.4 Å². The molecule has 8 heteroatoms. The van der Waals surface area contributed by atoms with E-state index >= 15 is 0 Å². The first-order valence-corrected chi connectivity index (χ1v) is 14.2. The Morgan fingerprint density at radius 2 is 1.79 bits per heavy atom. The van der Waals surface area contributed by atoms with Crippen LogP contribution in [0, 0.1) is 5.92 Å². The molecule has 1 aliphatic rings. The molecule has 0 spiro atoms. The number of nitrogens with zero attached hydrogens (tertiary/aromatic N) is 2. The summed E-state index contributed by atoms with van der Waals surface area (Å²) < 4.78 is 5.49. The zero-order valence-electron chi connectivity index (χ0n) is 24.5. The van der Waals surface area contributed by atoms with Gasteiger partial charge in [0.15, 0.2) is 5.82 Å². The van der Waals surface area contributed by atoms with Gasteiger partial charge in [-0.1, -0.05) is 61.9 Å². The number of benzene rings is 2. The van der Waals surface area contributed by atoms with Crippen molar-refractivity contribution in [3.8, 4) is 11.3 Å². The topological polar surface area (TPSA) is 119 Å². The number of nitrogens with two attached hydrogens (primary N) is 1. The molecule has 0 atom stereocenters. The van der Waals surface area contributed by atoms with E-state index in [9.17, 15) is 9.59 Å². The van der Waals surface area contributed by atoms with E-state index in [4.69, 9.17) is 15.5 Å². The molecule has 1 saturated carbocycles. The van der Waals surface area contributed by atoms with Crippen molar-refractivity contribution in [2.75, 3.05) is 5.32 Å². The van der Waals surface area contributed by atoms with Crippen molar-refractivity contribution in [1.29, 1.82) is 0 Å². The SMILES string of the molecule is C=CC(=O)Nc1cccc(-c2cc(Cc3ccccc3)cc(N=C(N)/C=C(\NC(=O)OC(C)(C)C)C3CCCC3)n2)c1. The smallest absolute Gasteiger partial charge is 0.411 e. The number of rotatable bonds is 9. The van der Waals surface area contributed by atoms with Crippen molar-refractivity contribution in [1.82, 2.24) is 10.3 Å². The quantitative estimate of drug-likeness (QED) is 0.146. The molecule has 4 N–H and O–H groups in total. The highest BCUT2D eigenvalue weighted by molar-refractivity contribution is 5.99. The van der Waals surface area contributed by atoms with E-state index in [1.807, 2.05) is 75.4 Å². The van der Waals surface area contributed by atoms with Crippen LogP contribution in [0.4, 0.5) is 16.3 Å². The molecule has 0 unspecified atom stereocenters. The summed E-state index contributed by atoms with van der Waals surface area (Å²) in [5.41, 5.74) is 10.8. The van der Waals surface area contributed by atoms with Crippen molar-refractivity contribution >= 4 is 29.3 Å². The van der Waals surface area contributed by atoms with Crippen LogP contribution >= 0.6 is 0 Å². The molecule has 0 saturated heterocycles. The number of anilines is 1. The predicted octanol–water partition coefficient (Wildman–Crippen LogP) is 7.05. The Kier molecular flexibility index (Phi) is 9.91. The molecule has 1 aromatic heterocycles. The van der Waals surface area contributed by atoms with Gasteiger partial charge in [-0.3, -0.25) is 10.1 Å². The van der Waals surface area contributed by atoms with E-state index in [2.05, 4.69) is 34.3 Å². The van der Waals surface area contributed by atoms with Crippen molar-refractivity contribution in [3.63, 3.8) is 0 Å².